The van der Waals surface area contributed by atoms with E-state index in [9.17, 15) is 0 Å². The van der Waals surface area contributed by atoms with Gasteiger partial charge in [-0.2, -0.15) is 0 Å². The van der Waals surface area contributed by atoms with Crippen molar-refractivity contribution in [2.24, 2.45) is 17.8 Å². The van der Waals surface area contributed by atoms with Gasteiger partial charge in [0.25, 0.3) is 0 Å². The van der Waals surface area contributed by atoms with Crippen LogP contribution in [-0.4, -0.2) is 61.7 Å². The van der Waals surface area contributed by atoms with Crippen molar-refractivity contribution < 1.29 is 0 Å². The predicted molar refractivity (Wildman–Crippen MR) is 114 cm³/mol. The standard InChI is InChI=1S/C23H34ClN3/c24-21-3-1-4-22(16-21)26-9-7-25(8-10-26)5-2-6-27-17-20-12-18-11-19(13-20)15-23(27)14-18/h1,3-4,16,18-20,23H,2,5-15,17H2. The van der Waals surface area contributed by atoms with Crippen LogP contribution in [0.15, 0.2) is 24.3 Å². The van der Waals surface area contributed by atoms with Crippen molar-refractivity contribution in [3.05, 3.63) is 29.3 Å². The van der Waals surface area contributed by atoms with Gasteiger partial charge >= 0.3 is 0 Å². The van der Waals surface area contributed by atoms with Crippen molar-refractivity contribution in [1.82, 2.24) is 9.80 Å². The molecule has 0 radical (unpaired) electrons. The van der Waals surface area contributed by atoms with E-state index in [2.05, 4.69) is 32.9 Å². The van der Waals surface area contributed by atoms with Crippen molar-refractivity contribution >= 4 is 17.3 Å². The number of anilines is 1. The molecule has 4 heteroatoms. The van der Waals surface area contributed by atoms with E-state index < -0.39 is 0 Å². The number of fused-ring (bicyclic) bond motifs is 1. The fourth-order valence-corrected chi connectivity index (χ4v) is 6.74. The molecule has 4 bridgehead atoms. The van der Waals surface area contributed by atoms with Crippen LogP contribution in [0.2, 0.25) is 5.02 Å². The first-order valence-corrected chi connectivity index (χ1v) is 11.6. The van der Waals surface area contributed by atoms with Gasteiger partial charge in [0.05, 0.1) is 0 Å². The Morgan fingerprint density at radius 3 is 2.33 bits per heavy atom. The van der Waals surface area contributed by atoms with E-state index >= 15 is 0 Å². The van der Waals surface area contributed by atoms with Gasteiger partial charge in [0, 0.05) is 49.5 Å². The van der Waals surface area contributed by atoms with Gasteiger partial charge in [0.2, 0.25) is 0 Å². The summed E-state index contributed by atoms with van der Waals surface area (Å²) in [4.78, 5) is 8.04. The molecule has 0 spiro atoms. The van der Waals surface area contributed by atoms with Crippen LogP contribution in [0.25, 0.3) is 0 Å². The van der Waals surface area contributed by atoms with E-state index in [4.69, 9.17) is 11.6 Å². The highest BCUT2D eigenvalue weighted by Gasteiger charge is 2.42. The number of piperazine rings is 1. The third-order valence-electron chi connectivity index (χ3n) is 7.69. The van der Waals surface area contributed by atoms with Gasteiger partial charge in [-0.25, -0.2) is 0 Å². The van der Waals surface area contributed by atoms with E-state index in [0.29, 0.717) is 0 Å². The largest absolute Gasteiger partial charge is 0.369 e. The van der Waals surface area contributed by atoms with Crippen LogP contribution in [0.4, 0.5) is 5.69 Å². The maximum Gasteiger partial charge on any atom is 0.0426 e. The minimum Gasteiger partial charge on any atom is -0.369 e. The third-order valence-corrected chi connectivity index (χ3v) is 7.92. The second kappa shape index (κ2) is 7.93. The maximum atomic E-state index is 6.15. The molecule has 3 aliphatic heterocycles. The zero-order valence-corrected chi connectivity index (χ0v) is 17.3. The highest BCUT2D eigenvalue weighted by molar-refractivity contribution is 6.30. The van der Waals surface area contributed by atoms with Crippen molar-refractivity contribution in [2.45, 2.75) is 44.6 Å². The normalized spacial score (nSPS) is 34.2. The minimum atomic E-state index is 0.843. The predicted octanol–water partition coefficient (Wildman–Crippen LogP) is 4.36. The van der Waals surface area contributed by atoms with Crippen LogP contribution >= 0.6 is 11.6 Å². The first kappa shape index (κ1) is 18.3. The first-order chi connectivity index (χ1) is 13.2. The summed E-state index contributed by atoms with van der Waals surface area (Å²) < 4.78 is 0. The molecule has 2 atom stereocenters. The Bertz CT molecular complexity index is 628. The number of hydrogen-bond acceptors (Lipinski definition) is 3. The highest BCUT2D eigenvalue weighted by Crippen LogP contribution is 2.47. The van der Waals surface area contributed by atoms with Crippen LogP contribution in [0.1, 0.15) is 38.5 Å². The maximum absolute atomic E-state index is 6.15. The third kappa shape index (κ3) is 4.16. The molecule has 0 N–H and O–H groups in total. The van der Waals surface area contributed by atoms with Gasteiger partial charge < -0.3 is 9.80 Å². The van der Waals surface area contributed by atoms with E-state index in [-0.39, 0.29) is 0 Å². The molecule has 6 rings (SSSR count). The van der Waals surface area contributed by atoms with E-state index in [1.807, 2.05) is 6.07 Å². The number of benzene rings is 1. The van der Waals surface area contributed by atoms with Crippen LogP contribution < -0.4 is 4.90 Å². The summed E-state index contributed by atoms with van der Waals surface area (Å²) >= 11 is 6.15. The molecule has 0 aromatic heterocycles. The molecule has 27 heavy (non-hydrogen) atoms. The Labute approximate surface area is 169 Å². The van der Waals surface area contributed by atoms with Gasteiger partial charge in [-0.15, -0.1) is 0 Å². The Balaban J connectivity index is 1.08. The van der Waals surface area contributed by atoms with Crippen molar-refractivity contribution in [3.8, 4) is 0 Å². The van der Waals surface area contributed by atoms with Gasteiger partial charge in [-0.3, -0.25) is 4.90 Å². The molecule has 0 amide bonds. The molecule has 148 valence electrons. The lowest BCUT2D eigenvalue weighted by Gasteiger charge is -2.39. The average molecular weight is 388 g/mol. The summed E-state index contributed by atoms with van der Waals surface area (Å²) in [7, 11) is 0. The molecule has 2 unspecified atom stereocenters. The lowest BCUT2D eigenvalue weighted by Crippen LogP contribution is -2.47. The summed E-state index contributed by atoms with van der Waals surface area (Å²) in [5, 5.41) is 0.843. The van der Waals surface area contributed by atoms with Gasteiger partial charge in [0.15, 0.2) is 0 Å². The average Bonchev–Trinajstić information content (AvgIpc) is 2.85. The second-order valence-electron chi connectivity index (χ2n) is 9.59. The Kier molecular flexibility index (Phi) is 5.36. The van der Waals surface area contributed by atoms with Gasteiger partial charge in [-0.05, 0) is 87.6 Å². The van der Waals surface area contributed by atoms with Crippen LogP contribution in [-0.2, 0) is 0 Å². The first-order valence-electron chi connectivity index (χ1n) is 11.2. The van der Waals surface area contributed by atoms with Crippen molar-refractivity contribution in [3.63, 3.8) is 0 Å². The summed E-state index contributed by atoms with van der Waals surface area (Å²) in [6.45, 7) is 8.61. The summed E-state index contributed by atoms with van der Waals surface area (Å²) in [5.41, 5.74) is 1.28. The van der Waals surface area contributed by atoms with Crippen molar-refractivity contribution in [2.75, 3.05) is 50.7 Å². The molecule has 3 heterocycles. The summed E-state index contributed by atoms with van der Waals surface area (Å²) in [6.07, 6.45) is 8.98. The lowest BCUT2D eigenvalue weighted by atomic mass is 9.68. The topological polar surface area (TPSA) is 9.72 Å². The van der Waals surface area contributed by atoms with Crippen LogP contribution in [0, 0.1) is 17.8 Å². The molecule has 3 saturated heterocycles. The molecule has 5 aliphatic rings. The molecular formula is C23H34ClN3. The van der Waals surface area contributed by atoms with Crippen LogP contribution in [0.5, 0.6) is 0 Å². The van der Waals surface area contributed by atoms with Gasteiger partial charge in [-0.1, -0.05) is 17.7 Å². The van der Waals surface area contributed by atoms with E-state index in [0.717, 1.165) is 41.9 Å². The zero-order chi connectivity index (χ0) is 18.2. The Hall–Kier alpha value is -0.770. The lowest BCUT2D eigenvalue weighted by molar-refractivity contribution is 0.121. The van der Waals surface area contributed by atoms with Crippen molar-refractivity contribution in [1.29, 1.82) is 0 Å². The second-order valence-corrected chi connectivity index (χ2v) is 10.0. The quantitative estimate of drug-likeness (QED) is 0.743. The molecule has 2 aliphatic carbocycles. The summed E-state index contributed by atoms with van der Waals surface area (Å²) in [5.74, 6) is 3.15. The fourth-order valence-electron chi connectivity index (χ4n) is 6.56. The fraction of sp³-hybridized carbons (Fsp3) is 0.739. The molecule has 3 nitrogen and oxygen atoms in total. The Morgan fingerprint density at radius 1 is 0.852 bits per heavy atom. The molecule has 1 aromatic carbocycles. The number of hydrogen-bond donors (Lipinski definition) is 0. The monoisotopic (exact) mass is 387 g/mol. The number of rotatable bonds is 5. The smallest absolute Gasteiger partial charge is 0.0426 e. The zero-order valence-electron chi connectivity index (χ0n) is 16.5. The van der Waals surface area contributed by atoms with Crippen LogP contribution in [0.3, 0.4) is 0 Å². The molecule has 1 aromatic rings. The SMILES string of the molecule is Clc1cccc(N2CCN(CCCN3CC4CC5CC(C4)CC3C5)CC2)c1. The molecule has 5 fully saturated rings. The Morgan fingerprint density at radius 2 is 1.59 bits per heavy atom. The number of halogens is 1. The number of nitrogens with zero attached hydrogens (tertiary/aromatic N) is 3. The molecular weight excluding hydrogens is 354 g/mol. The van der Waals surface area contributed by atoms with Gasteiger partial charge in [0.1, 0.15) is 0 Å². The molecule has 2 saturated carbocycles. The highest BCUT2D eigenvalue weighted by atomic mass is 35.5. The van der Waals surface area contributed by atoms with E-state index in [1.165, 1.54) is 70.5 Å². The van der Waals surface area contributed by atoms with E-state index in [1.54, 1.807) is 6.42 Å². The summed E-state index contributed by atoms with van der Waals surface area (Å²) in [6, 6.07) is 9.22. The minimum absolute atomic E-state index is 0.843.